The number of ketones is 1. The van der Waals surface area contributed by atoms with Gasteiger partial charge < -0.3 is 0 Å². The third kappa shape index (κ3) is 4.31. The number of fused-ring (bicyclic) bond motifs is 2. The van der Waals surface area contributed by atoms with Crippen molar-refractivity contribution in [3.63, 3.8) is 0 Å². The van der Waals surface area contributed by atoms with E-state index in [4.69, 9.17) is 0 Å². The second-order valence-corrected chi connectivity index (χ2v) is 12.5. The van der Waals surface area contributed by atoms with Crippen LogP contribution in [0.25, 0.3) is 11.8 Å². The van der Waals surface area contributed by atoms with E-state index in [-0.39, 0.29) is 17.6 Å². The Bertz CT molecular complexity index is 1670. The minimum atomic E-state index is -2.81. The Hall–Kier alpha value is -3.95. The van der Waals surface area contributed by atoms with Gasteiger partial charge in [-0.05, 0) is 98.8 Å². The van der Waals surface area contributed by atoms with E-state index >= 15 is 0 Å². The van der Waals surface area contributed by atoms with E-state index in [1.807, 2.05) is 17.4 Å². The normalized spacial score (nSPS) is 21.9. The van der Waals surface area contributed by atoms with Crippen LogP contribution >= 0.6 is 0 Å². The Morgan fingerprint density at radius 3 is 2.67 bits per heavy atom. The highest BCUT2D eigenvalue weighted by molar-refractivity contribution is 7.98. The Morgan fingerprint density at radius 1 is 1.13 bits per heavy atom. The topological polar surface area (TPSA) is 81.0 Å². The molecule has 0 radical (unpaired) electrons. The molecule has 2 aliphatic carbocycles. The molecule has 1 saturated carbocycles. The fourth-order valence-corrected chi connectivity index (χ4v) is 7.38. The van der Waals surface area contributed by atoms with Crippen molar-refractivity contribution < 1.29 is 13.4 Å². The van der Waals surface area contributed by atoms with Crippen LogP contribution in [0.3, 0.4) is 0 Å². The molecule has 0 aliphatic heterocycles. The van der Waals surface area contributed by atoms with E-state index in [9.17, 15) is 13.4 Å². The summed E-state index contributed by atoms with van der Waals surface area (Å²) in [6.07, 6.45) is 11.0. The lowest BCUT2D eigenvalue weighted by Gasteiger charge is -2.46. The summed E-state index contributed by atoms with van der Waals surface area (Å²) in [5.74, 6) is 3.72. The van der Waals surface area contributed by atoms with Gasteiger partial charge in [0, 0.05) is 24.6 Å². The molecule has 1 aromatic carbocycles. The first kappa shape index (κ1) is 25.3. The molecule has 7 nitrogen and oxygen atoms in total. The highest BCUT2D eigenvalue weighted by atomic mass is 32.2. The van der Waals surface area contributed by atoms with Crippen LogP contribution in [0.1, 0.15) is 41.0 Å². The smallest absolute Gasteiger partial charge is 0.191 e. The molecule has 198 valence electrons. The van der Waals surface area contributed by atoms with Crippen LogP contribution in [-0.2, 0) is 16.1 Å². The fraction of sp³-hybridized carbons (Fsp3) is 0.233. The number of halogens is 1. The van der Waals surface area contributed by atoms with E-state index in [2.05, 4.69) is 27.0 Å². The zero-order chi connectivity index (χ0) is 27.2. The summed E-state index contributed by atoms with van der Waals surface area (Å²) in [4.78, 5) is 23.4. The Balaban J connectivity index is 1.42. The SMILES string of the molecule is C=S(=O)(c1cccnc1)N(C)[C@H]1CCC2=Cc3c(cnn3-c3ccc(F)cc3)C[C@]2(C(=O)c2ccccn2)C1. The molecule has 0 amide bonds. The van der Waals surface area contributed by atoms with Gasteiger partial charge in [0.2, 0.25) is 0 Å². The lowest BCUT2D eigenvalue weighted by Crippen LogP contribution is -2.49. The number of allylic oxidation sites excluding steroid dienone is 1. The lowest BCUT2D eigenvalue weighted by molar-refractivity contribution is 0.0749. The standard InChI is InChI=1S/C30H28FN5O2S/c1-35(39(2,38)26-6-5-14-32-20-26)25-11-8-22-16-28-21(19-34-36(28)24-12-9-23(31)10-13-24)17-30(22,18-25)29(37)27-7-3-4-15-33-27/h3-7,9-10,12-16,19-20,25H,2,8,11,17-18H2,1H3/t25-,30-,39?/m0/s1. The van der Waals surface area contributed by atoms with Crippen LogP contribution in [0.2, 0.25) is 0 Å². The molecule has 9 heteroatoms. The van der Waals surface area contributed by atoms with Crippen LogP contribution in [0.4, 0.5) is 4.39 Å². The van der Waals surface area contributed by atoms with Crippen LogP contribution in [0.15, 0.2) is 89.9 Å². The highest BCUT2D eigenvalue weighted by Gasteiger charge is 2.50. The van der Waals surface area contributed by atoms with Crippen molar-refractivity contribution in [2.24, 2.45) is 5.41 Å². The van der Waals surface area contributed by atoms with Crippen molar-refractivity contribution in [1.82, 2.24) is 24.1 Å². The molecular formula is C30H28FN5O2S. The Labute approximate surface area is 227 Å². The summed E-state index contributed by atoms with van der Waals surface area (Å²) >= 11 is 0. The molecule has 3 heterocycles. The lowest BCUT2D eigenvalue weighted by atomic mass is 9.60. The molecule has 39 heavy (non-hydrogen) atoms. The van der Waals surface area contributed by atoms with Gasteiger partial charge in [0.15, 0.2) is 5.78 Å². The van der Waals surface area contributed by atoms with Gasteiger partial charge in [0.05, 0.1) is 37.6 Å². The van der Waals surface area contributed by atoms with E-state index in [1.54, 1.807) is 65.9 Å². The number of benzene rings is 1. The molecule has 3 aromatic heterocycles. The molecule has 1 fully saturated rings. The third-order valence-electron chi connectivity index (χ3n) is 8.02. The van der Waals surface area contributed by atoms with E-state index in [0.717, 1.165) is 22.5 Å². The fourth-order valence-electron chi connectivity index (χ4n) is 5.87. The van der Waals surface area contributed by atoms with Crippen LogP contribution < -0.4 is 0 Å². The Kier molecular flexibility index (Phi) is 6.28. The van der Waals surface area contributed by atoms with Crippen LogP contribution in [-0.4, -0.2) is 53.0 Å². The zero-order valence-electron chi connectivity index (χ0n) is 21.5. The number of pyridine rings is 2. The number of hydrogen-bond acceptors (Lipinski definition) is 5. The van der Waals surface area contributed by atoms with Crippen molar-refractivity contribution >= 4 is 27.4 Å². The molecule has 2 aliphatic rings. The largest absolute Gasteiger partial charge is 0.291 e. The number of aromatic nitrogens is 4. The average molecular weight is 542 g/mol. The first-order valence-electron chi connectivity index (χ1n) is 12.8. The molecular weight excluding hydrogens is 513 g/mol. The number of carbonyl (C=O) groups excluding carboxylic acids is 1. The molecule has 6 rings (SSSR count). The zero-order valence-corrected chi connectivity index (χ0v) is 22.4. The molecule has 0 N–H and O–H groups in total. The van der Waals surface area contributed by atoms with Gasteiger partial charge in [-0.15, -0.1) is 0 Å². The average Bonchev–Trinajstić information content (AvgIpc) is 3.38. The summed E-state index contributed by atoms with van der Waals surface area (Å²) in [6.45, 7) is 0. The minimum absolute atomic E-state index is 0.0513. The maximum Gasteiger partial charge on any atom is 0.191 e. The molecule has 1 unspecified atom stereocenters. The number of nitrogens with zero attached hydrogens (tertiary/aromatic N) is 5. The minimum Gasteiger partial charge on any atom is -0.291 e. The van der Waals surface area contributed by atoms with Crippen molar-refractivity contribution in [3.05, 3.63) is 108 Å². The maximum absolute atomic E-state index is 14.3. The van der Waals surface area contributed by atoms with Gasteiger partial charge in [-0.1, -0.05) is 11.6 Å². The van der Waals surface area contributed by atoms with Gasteiger partial charge in [0.25, 0.3) is 0 Å². The van der Waals surface area contributed by atoms with Crippen LogP contribution in [0, 0.1) is 11.2 Å². The third-order valence-corrected chi connectivity index (χ3v) is 10.2. The van der Waals surface area contributed by atoms with Crippen molar-refractivity contribution in [2.45, 2.75) is 36.6 Å². The summed E-state index contributed by atoms with van der Waals surface area (Å²) < 4.78 is 31.1. The monoisotopic (exact) mass is 541 g/mol. The van der Waals surface area contributed by atoms with Crippen molar-refractivity contribution in [1.29, 1.82) is 0 Å². The number of carbonyl (C=O) groups is 1. The quantitative estimate of drug-likeness (QED) is 0.259. The number of Topliss-reactive ketones (excluding diaryl/α,β-unsaturated/α-hetero) is 1. The second-order valence-electron chi connectivity index (χ2n) is 10.2. The summed E-state index contributed by atoms with van der Waals surface area (Å²) in [7, 11) is -0.991. The van der Waals surface area contributed by atoms with Gasteiger partial charge >= 0.3 is 0 Å². The molecule has 3 atom stereocenters. The predicted octanol–water partition coefficient (Wildman–Crippen LogP) is 4.79. The number of hydrogen-bond donors (Lipinski definition) is 0. The first-order chi connectivity index (χ1) is 18.8. The van der Waals surface area contributed by atoms with Crippen molar-refractivity contribution in [2.75, 3.05) is 7.05 Å². The summed E-state index contributed by atoms with van der Waals surface area (Å²) in [6, 6.07) is 14.9. The van der Waals surface area contributed by atoms with Gasteiger partial charge in [-0.3, -0.25) is 14.8 Å². The van der Waals surface area contributed by atoms with E-state index < -0.39 is 15.1 Å². The van der Waals surface area contributed by atoms with E-state index in [1.165, 1.54) is 12.1 Å². The van der Waals surface area contributed by atoms with Gasteiger partial charge in [-0.25, -0.2) is 17.6 Å². The van der Waals surface area contributed by atoms with E-state index in [0.29, 0.717) is 36.3 Å². The number of rotatable bonds is 6. The predicted molar refractivity (Wildman–Crippen MR) is 149 cm³/mol. The molecule has 4 aromatic rings. The van der Waals surface area contributed by atoms with Crippen LogP contribution in [0.5, 0.6) is 0 Å². The highest BCUT2D eigenvalue weighted by Crippen LogP contribution is 2.51. The van der Waals surface area contributed by atoms with Gasteiger partial charge in [0.1, 0.15) is 11.5 Å². The summed E-state index contributed by atoms with van der Waals surface area (Å²) in [5.41, 5.74) is 3.13. The Morgan fingerprint density at radius 2 is 1.95 bits per heavy atom. The maximum atomic E-state index is 14.3. The van der Waals surface area contributed by atoms with Crippen molar-refractivity contribution in [3.8, 4) is 5.69 Å². The first-order valence-corrected chi connectivity index (χ1v) is 14.5. The second kappa shape index (κ2) is 9.66. The summed E-state index contributed by atoms with van der Waals surface area (Å²) in [5, 5.41) is 4.60. The molecule has 0 bridgehead atoms. The van der Waals surface area contributed by atoms with Gasteiger partial charge in [-0.2, -0.15) is 5.10 Å². The molecule has 0 spiro atoms. The molecule has 0 saturated heterocycles.